The maximum Gasteiger partial charge on any atom is 0.435 e. The topological polar surface area (TPSA) is 35.0 Å². The summed E-state index contributed by atoms with van der Waals surface area (Å²) in [4.78, 5) is 0. The van der Waals surface area contributed by atoms with Gasteiger partial charge in [-0.25, -0.2) is 0 Å². The Morgan fingerprint density at radius 1 is 1.38 bits per heavy atom. The zero-order valence-electron chi connectivity index (χ0n) is 8.46. The summed E-state index contributed by atoms with van der Waals surface area (Å²) in [6.45, 7) is 0.310. The van der Waals surface area contributed by atoms with Crippen molar-refractivity contribution < 1.29 is 17.9 Å². The molecule has 0 aliphatic heterocycles. The second-order valence-electron chi connectivity index (χ2n) is 3.16. The van der Waals surface area contributed by atoms with E-state index in [9.17, 15) is 13.2 Å². The maximum atomic E-state index is 12.2. The number of halogens is 4. The van der Waals surface area contributed by atoms with E-state index in [1.807, 2.05) is 0 Å². The number of alkyl halides is 4. The molecule has 1 atom stereocenters. The van der Waals surface area contributed by atoms with Gasteiger partial charge in [0.05, 0.1) is 17.7 Å². The second kappa shape index (κ2) is 5.45. The molecule has 0 radical (unpaired) electrons. The van der Waals surface area contributed by atoms with Crippen molar-refractivity contribution in [3.05, 3.63) is 23.5 Å². The third-order valence-electron chi connectivity index (χ3n) is 1.79. The zero-order valence-corrected chi connectivity index (χ0v) is 9.22. The second-order valence-corrected chi connectivity index (χ2v) is 3.78. The van der Waals surface area contributed by atoms with E-state index in [-0.39, 0.29) is 5.38 Å². The first kappa shape index (κ1) is 13.2. The van der Waals surface area contributed by atoms with E-state index >= 15 is 0 Å². The molecule has 0 aromatic carbocycles. The molecule has 1 aromatic heterocycles. The van der Waals surface area contributed by atoms with Crippen molar-refractivity contribution in [1.82, 2.24) is 10.2 Å². The highest BCUT2D eigenvalue weighted by Gasteiger charge is 2.32. The first-order valence-electron chi connectivity index (χ1n) is 4.46. The number of methoxy groups -OCH3 is 1. The van der Waals surface area contributed by atoms with E-state index in [2.05, 4.69) is 10.2 Å². The van der Waals surface area contributed by atoms with Crippen molar-refractivity contribution in [3.8, 4) is 0 Å². The lowest BCUT2D eigenvalue weighted by molar-refractivity contribution is -0.141. The highest BCUT2D eigenvalue weighted by atomic mass is 35.5. The van der Waals surface area contributed by atoms with E-state index in [0.29, 0.717) is 18.7 Å². The molecule has 1 unspecified atom stereocenters. The molecule has 0 fully saturated rings. The molecule has 16 heavy (non-hydrogen) atoms. The van der Waals surface area contributed by atoms with E-state index < -0.39 is 11.9 Å². The number of hydrogen-bond donors (Lipinski definition) is 0. The summed E-state index contributed by atoms with van der Waals surface area (Å²) in [6, 6.07) is 2.15. The molecule has 7 heteroatoms. The molecular weight excluding hydrogens is 245 g/mol. The van der Waals surface area contributed by atoms with E-state index in [1.54, 1.807) is 0 Å². The van der Waals surface area contributed by atoms with Crippen molar-refractivity contribution in [2.75, 3.05) is 13.7 Å². The first-order valence-corrected chi connectivity index (χ1v) is 4.90. The van der Waals surface area contributed by atoms with E-state index in [0.717, 1.165) is 6.07 Å². The fourth-order valence-electron chi connectivity index (χ4n) is 1.09. The van der Waals surface area contributed by atoms with Gasteiger partial charge in [-0.2, -0.15) is 18.3 Å². The van der Waals surface area contributed by atoms with Crippen molar-refractivity contribution in [2.24, 2.45) is 0 Å². The largest absolute Gasteiger partial charge is 0.435 e. The molecule has 0 aliphatic rings. The number of ether oxygens (including phenoxy) is 1. The fraction of sp³-hybridized carbons (Fsp3) is 0.556. The van der Waals surface area contributed by atoms with Gasteiger partial charge >= 0.3 is 6.18 Å². The Morgan fingerprint density at radius 2 is 2.06 bits per heavy atom. The average Bonchev–Trinajstić information content (AvgIpc) is 2.17. The van der Waals surface area contributed by atoms with Gasteiger partial charge in [-0.3, -0.25) is 0 Å². The normalized spacial score (nSPS) is 13.8. The monoisotopic (exact) mass is 254 g/mol. The molecule has 0 aliphatic carbocycles. The first-order chi connectivity index (χ1) is 7.43. The van der Waals surface area contributed by atoms with Crippen LogP contribution in [0.1, 0.15) is 11.4 Å². The number of hydrogen-bond acceptors (Lipinski definition) is 3. The molecular formula is C9H10ClF3N2O. The Morgan fingerprint density at radius 3 is 2.50 bits per heavy atom. The molecule has 0 bridgehead atoms. The van der Waals surface area contributed by atoms with Crippen LogP contribution in [0, 0.1) is 0 Å². The Balaban J connectivity index is 2.65. The lowest BCUT2D eigenvalue weighted by Gasteiger charge is -2.08. The minimum atomic E-state index is -4.46. The summed E-state index contributed by atoms with van der Waals surface area (Å²) in [5, 5.41) is 6.22. The summed E-state index contributed by atoms with van der Waals surface area (Å²) >= 11 is 5.83. The van der Waals surface area contributed by atoms with Crippen LogP contribution in [0.2, 0.25) is 0 Å². The van der Waals surface area contributed by atoms with Gasteiger partial charge < -0.3 is 4.74 Å². The van der Waals surface area contributed by atoms with Crippen LogP contribution in [0.15, 0.2) is 12.1 Å². The third-order valence-corrected chi connectivity index (χ3v) is 2.07. The van der Waals surface area contributed by atoms with Gasteiger partial charge in [-0.15, -0.1) is 16.7 Å². The summed E-state index contributed by atoms with van der Waals surface area (Å²) in [5.41, 5.74) is -0.598. The summed E-state index contributed by atoms with van der Waals surface area (Å²) in [5.74, 6) is 0. The third kappa shape index (κ3) is 3.94. The molecule has 0 amide bonds. The van der Waals surface area contributed by atoms with Gasteiger partial charge in [-0.1, -0.05) is 0 Å². The van der Waals surface area contributed by atoms with Crippen molar-refractivity contribution in [3.63, 3.8) is 0 Å². The van der Waals surface area contributed by atoms with E-state index in [1.165, 1.54) is 13.2 Å². The lowest BCUT2D eigenvalue weighted by atomic mass is 10.2. The zero-order chi connectivity index (χ0) is 12.2. The molecule has 0 spiro atoms. The van der Waals surface area contributed by atoms with Crippen LogP contribution in [0.4, 0.5) is 13.2 Å². The van der Waals surface area contributed by atoms with Gasteiger partial charge in [0, 0.05) is 13.5 Å². The number of aromatic nitrogens is 2. The van der Waals surface area contributed by atoms with Gasteiger partial charge in [0.25, 0.3) is 0 Å². The minimum absolute atomic E-state index is 0.310. The average molecular weight is 255 g/mol. The van der Waals surface area contributed by atoms with Crippen LogP contribution in [0.3, 0.4) is 0 Å². The number of rotatable bonds is 4. The highest BCUT2D eigenvalue weighted by Crippen LogP contribution is 2.26. The lowest BCUT2D eigenvalue weighted by Crippen LogP contribution is -2.14. The fourth-order valence-corrected chi connectivity index (χ4v) is 1.37. The van der Waals surface area contributed by atoms with Crippen LogP contribution in [-0.2, 0) is 17.3 Å². The van der Waals surface area contributed by atoms with Crippen molar-refractivity contribution >= 4 is 11.6 Å². The summed E-state index contributed by atoms with van der Waals surface area (Å²) in [7, 11) is 1.49. The molecule has 1 rings (SSSR count). The van der Waals surface area contributed by atoms with Crippen molar-refractivity contribution in [1.29, 1.82) is 0 Å². The maximum absolute atomic E-state index is 12.2. The Labute approximate surface area is 95.6 Å². The predicted molar refractivity (Wildman–Crippen MR) is 52.3 cm³/mol. The van der Waals surface area contributed by atoms with Crippen LogP contribution in [0.5, 0.6) is 0 Å². The standard InChI is InChI=1S/C9H10ClF3N2O/c1-16-5-6(10)4-7-2-3-8(15-14-7)9(11,12)13/h2-3,6H,4-5H2,1H3. The molecule has 0 N–H and O–H groups in total. The molecule has 3 nitrogen and oxygen atoms in total. The molecule has 90 valence electrons. The smallest absolute Gasteiger partial charge is 0.383 e. The SMILES string of the molecule is COCC(Cl)Cc1ccc(C(F)(F)F)nn1. The molecule has 0 saturated carbocycles. The van der Waals surface area contributed by atoms with Gasteiger partial charge in [0.1, 0.15) is 0 Å². The van der Waals surface area contributed by atoms with Crippen molar-refractivity contribution in [2.45, 2.75) is 18.0 Å². The van der Waals surface area contributed by atoms with Crippen LogP contribution < -0.4 is 0 Å². The van der Waals surface area contributed by atoms with Crippen LogP contribution in [0.25, 0.3) is 0 Å². The van der Waals surface area contributed by atoms with Gasteiger partial charge in [0.2, 0.25) is 0 Å². The Hall–Kier alpha value is -0.880. The molecule has 1 aromatic rings. The summed E-state index contributed by atoms with van der Waals surface area (Å²) < 4.78 is 41.3. The van der Waals surface area contributed by atoms with Crippen LogP contribution >= 0.6 is 11.6 Å². The highest BCUT2D eigenvalue weighted by molar-refractivity contribution is 6.20. The van der Waals surface area contributed by atoms with Gasteiger partial charge in [-0.05, 0) is 12.1 Å². The molecule has 1 heterocycles. The Bertz CT molecular complexity index is 329. The minimum Gasteiger partial charge on any atom is -0.383 e. The van der Waals surface area contributed by atoms with E-state index in [4.69, 9.17) is 16.3 Å². The number of nitrogens with zero attached hydrogens (tertiary/aromatic N) is 2. The Kier molecular flexibility index (Phi) is 4.49. The molecule has 0 saturated heterocycles. The van der Waals surface area contributed by atoms with Gasteiger partial charge in [0.15, 0.2) is 5.69 Å². The quantitative estimate of drug-likeness (QED) is 0.774. The van der Waals surface area contributed by atoms with Crippen LogP contribution in [-0.4, -0.2) is 29.3 Å². The summed E-state index contributed by atoms with van der Waals surface area (Å²) in [6.07, 6.45) is -4.14. The predicted octanol–water partition coefficient (Wildman–Crippen LogP) is 2.29.